The molecule has 0 unspecified atom stereocenters. The maximum atomic E-state index is 12.3. The molecule has 0 amide bonds. The average molecular weight is 306 g/mol. The summed E-state index contributed by atoms with van der Waals surface area (Å²) < 4.78 is 7.19. The van der Waals surface area contributed by atoms with Gasteiger partial charge in [0.2, 0.25) is 0 Å². The highest BCUT2D eigenvalue weighted by Crippen LogP contribution is 2.17. The molecule has 4 heteroatoms. The second kappa shape index (κ2) is 6.48. The minimum atomic E-state index is -0.0534. The number of rotatable bonds is 5. The first kappa shape index (κ1) is 15.0. The highest BCUT2D eigenvalue weighted by Gasteiger charge is 2.07. The number of hydrogen-bond donors (Lipinski definition) is 0. The number of fused-ring (bicyclic) bond motifs is 1. The maximum Gasteiger partial charge on any atom is 0.185 e. The molecule has 0 saturated heterocycles. The van der Waals surface area contributed by atoms with Crippen molar-refractivity contribution in [3.8, 4) is 5.75 Å². The van der Waals surface area contributed by atoms with Gasteiger partial charge < -0.3 is 9.30 Å². The number of carbonyl (C=O) groups is 1. The molecule has 0 bridgehead atoms. The molecule has 116 valence electrons. The van der Waals surface area contributed by atoms with Crippen molar-refractivity contribution in [1.29, 1.82) is 0 Å². The van der Waals surface area contributed by atoms with Crippen LogP contribution in [-0.4, -0.2) is 22.4 Å². The summed E-state index contributed by atoms with van der Waals surface area (Å²) in [6.07, 6.45) is 3.34. The number of methoxy groups -OCH3 is 1. The van der Waals surface area contributed by atoms with Crippen molar-refractivity contribution in [2.45, 2.75) is 13.5 Å². The molecule has 3 aromatic rings. The van der Waals surface area contributed by atoms with Gasteiger partial charge in [0.15, 0.2) is 5.78 Å². The monoisotopic (exact) mass is 306 g/mol. The number of ether oxygens (including phenoxy) is 1. The summed E-state index contributed by atoms with van der Waals surface area (Å²) in [4.78, 5) is 16.8. The molecular weight excluding hydrogens is 288 g/mol. The molecule has 23 heavy (non-hydrogen) atoms. The van der Waals surface area contributed by atoms with Gasteiger partial charge in [0.25, 0.3) is 0 Å². The maximum absolute atomic E-state index is 12.3. The Morgan fingerprint density at radius 1 is 1.17 bits per heavy atom. The van der Waals surface area contributed by atoms with Crippen LogP contribution in [0.1, 0.15) is 23.1 Å². The molecule has 0 atom stereocenters. The number of allylic oxidation sites excluding steroid dienone is 1. The van der Waals surface area contributed by atoms with Gasteiger partial charge >= 0.3 is 0 Å². The Bertz CT molecular complexity index is 861. The molecular formula is C19H18N2O2. The Kier molecular flexibility index (Phi) is 4.24. The summed E-state index contributed by atoms with van der Waals surface area (Å²) in [5, 5.41) is 0. The van der Waals surface area contributed by atoms with E-state index in [1.165, 1.54) is 0 Å². The predicted molar refractivity (Wildman–Crippen MR) is 91.8 cm³/mol. The molecule has 3 rings (SSSR count). The number of nitrogens with zero attached hydrogens (tertiary/aromatic N) is 2. The van der Waals surface area contributed by atoms with Gasteiger partial charge in [-0.3, -0.25) is 4.79 Å². The number of para-hydroxylation sites is 2. The fraction of sp³-hybridized carbons (Fsp3) is 0.158. The van der Waals surface area contributed by atoms with Crippen molar-refractivity contribution in [3.63, 3.8) is 0 Å². The molecule has 2 aromatic carbocycles. The molecule has 0 aliphatic carbocycles. The van der Waals surface area contributed by atoms with Crippen LogP contribution in [-0.2, 0) is 6.54 Å². The minimum Gasteiger partial charge on any atom is -0.497 e. The van der Waals surface area contributed by atoms with Gasteiger partial charge in [0.05, 0.1) is 18.1 Å². The van der Waals surface area contributed by atoms with Crippen LogP contribution in [0.5, 0.6) is 5.75 Å². The Labute approximate surface area is 135 Å². The SMILES string of the molecule is CCn1c(/C=C/C(=O)c2ccc(OC)cc2)nc2ccccc21. The van der Waals surface area contributed by atoms with Crippen LogP contribution in [0.2, 0.25) is 0 Å². The number of aryl methyl sites for hydroxylation is 1. The lowest BCUT2D eigenvalue weighted by Gasteiger charge is -2.02. The topological polar surface area (TPSA) is 44.1 Å². The van der Waals surface area contributed by atoms with Crippen LogP contribution in [0, 0.1) is 0 Å². The smallest absolute Gasteiger partial charge is 0.185 e. The molecule has 0 saturated carbocycles. The lowest BCUT2D eigenvalue weighted by Crippen LogP contribution is -1.98. The zero-order valence-corrected chi connectivity index (χ0v) is 13.2. The fourth-order valence-electron chi connectivity index (χ4n) is 2.56. The molecule has 0 N–H and O–H groups in total. The standard InChI is InChI=1S/C19H18N2O2/c1-3-21-17-7-5-4-6-16(17)20-19(21)13-12-18(22)14-8-10-15(23-2)11-9-14/h4-13H,3H2,1-2H3/b13-12+. The zero-order valence-electron chi connectivity index (χ0n) is 13.2. The zero-order chi connectivity index (χ0) is 16.2. The summed E-state index contributed by atoms with van der Waals surface area (Å²) in [5.74, 6) is 1.47. The van der Waals surface area contributed by atoms with E-state index in [-0.39, 0.29) is 5.78 Å². The summed E-state index contributed by atoms with van der Waals surface area (Å²) in [6.45, 7) is 2.87. The van der Waals surface area contributed by atoms with Gasteiger partial charge in [-0.05, 0) is 55.5 Å². The van der Waals surface area contributed by atoms with Crippen molar-refractivity contribution in [1.82, 2.24) is 9.55 Å². The molecule has 1 aromatic heterocycles. The third-order valence-electron chi connectivity index (χ3n) is 3.76. The van der Waals surface area contributed by atoms with Gasteiger partial charge in [0, 0.05) is 12.1 Å². The predicted octanol–water partition coefficient (Wildman–Crippen LogP) is 3.96. The fourth-order valence-corrected chi connectivity index (χ4v) is 2.56. The molecule has 4 nitrogen and oxygen atoms in total. The van der Waals surface area contributed by atoms with Gasteiger partial charge in [0.1, 0.15) is 11.6 Å². The van der Waals surface area contributed by atoms with Gasteiger partial charge in [-0.15, -0.1) is 0 Å². The first-order valence-electron chi connectivity index (χ1n) is 7.54. The summed E-state index contributed by atoms with van der Waals surface area (Å²) in [7, 11) is 1.60. The van der Waals surface area contributed by atoms with E-state index in [1.54, 1.807) is 43.5 Å². The lowest BCUT2D eigenvalue weighted by molar-refractivity contribution is 0.104. The van der Waals surface area contributed by atoms with Crippen LogP contribution >= 0.6 is 0 Å². The Morgan fingerprint density at radius 2 is 1.91 bits per heavy atom. The van der Waals surface area contributed by atoms with Crippen LogP contribution in [0.4, 0.5) is 0 Å². The van der Waals surface area contributed by atoms with Crippen molar-refractivity contribution in [2.24, 2.45) is 0 Å². The summed E-state index contributed by atoms with van der Waals surface area (Å²) in [5.41, 5.74) is 2.64. The van der Waals surface area contributed by atoms with Crippen LogP contribution in [0.15, 0.2) is 54.6 Å². The molecule has 0 fully saturated rings. The Morgan fingerprint density at radius 3 is 2.61 bits per heavy atom. The van der Waals surface area contributed by atoms with E-state index in [0.717, 1.165) is 29.2 Å². The first-order valence-corrected chi connectivity index (χ1v) is 7.54. The van der Waals surface area contributed by atoms with E-state index >= 15 is 0 Å². The van der Waals surface area contributed by atoms with Crippen molar-refractivity contribution < 1.29 is 9.53 Å². The number of carbonyl (C=O) groups excluding carboxylic acids is 1. The molecule has 0 spiro atoms. The summed E-state index contributed by atoms with van der Waals surface area (Å²) >= 11 is 0. The second-order valence-corrected chi connectivity index (χ2v) is 5.13. The molecule has 0 aliphatic heterocycles. The van der Waals surface area contributed by atoms with E-state index in [1.807, 2.05) is 24.3 Å². The minimum absolute atomic E-state index is 0.0534. The van der Waals surface area contributed by atoms with E-state index < -0.39 is 0 Å². The number of ketones is 1. The normalized spacial score (nSPS) is 11.2. The second-order valence-electron chi connectivity index (χ2n) is 5.13. The highest BCUT2D eigenvalue weighted by atomic mass is 16.5. The van der Waals surface area contributed by atoms with Crippen molar-refractivity contribution in [3.05, 3.63) is 66.0 Å². The van der Waals surface area contributed by atoms with E-state index in [4.69, 9.17) is 4.74 Å². The Balaban J connectivity index is 1.88. The lowest BCUT2D eigenvalue weighted by atomic mass is 10.1. The Hall–Kier alpha value is -2.88. The molecule has 0 aliphatic rings. The third kappa shape index (κ3) is 3.01. The largest absolute Gasteiger partial charge is 0.497 e. The van der Waals surface area contributed by atoms with E-state index in [2.05, 4.69) is 16.5 Å². The summed E-state index contributed by atoms with van der Waals surface area (Å²) in [6, 6.07) is 15.0. The van der Waals surface area contributed by atoms with Gasteiger partial charge in [-0.25, -0.2) is 4.98 Å². The van der Waals surface area contributed by atoms with Gasteiger partial charge in [-0.1, -0.05) is 12.1 Å². The third-order valence-corrected chi connectivity index (χ3v) is 3.76. The molecule has 1 heterocycles. The average Bonchev–Trinajstić information content (AvgIpc) is 2.97. The number of benzene rings is 2. The van der Waals surface area contributed by atoms with E-state index in [9.17, 15) is 4.79 Å². The van der Waals surface area contributed by atoms with Gasteiger partial charge in [-0.2, -0.15) is 0 Å². The molecule has 0 radical (unpaired) electrons. The number of aromatic nitrogens is 2. The van der Waals surface area contributed by atoms with Crippen LogP contribution in [0.25, 0.3) is 17.1 Å². The number of imidazole rings is 1. The first-order chi connectivity index (χ1) is 11.2. The number of hydrogen-bond acceptors (Lipinski definition) is 3. The van der Waals surface area contributed by atoms with Crippen molar-refractivity contribution >= 4 is 22.9 Å². The van der Waals surface area contributed by atoms with E-state index in [0.29, 0.717) is 5.56 Å². The van der Waals surface area contributed by atoms with Crippen LogP contribution < -0.4 is 4.74 Å². The van der Waals surface area contributed by atoms with Crippen molar-refractivity contribution in [2.75, 3.05) is 7.11 Å². The highest BCUT2D eigenvalue weighted by molar-refractivity contribution is 6.06. The quantitative estimate of drug-likeness (QED) is 0.529. The van der Waals surface area contributed by atoms with Crippen LogP contribution in [0.3, 0.4) is 0 Å².